The second-order valence-corrected chi connectivity index (χ2v) is 7.38. The van der Waals surface area contributed by atoms with Crippen molar-refractivity contribution >= 4 is 34.1 Å². The molecular formula is C20H19N5O2S. The van der Waals surface area contributed by atoms with E-state index in [-0.39, 0.29) is 18.5 Å². The van der Waals surface area contributed by atoms with E-state index in [1.54, 1.807) is 22.2 Å². The summed E-state index contributed by atoms with van der Waals surface area (Å²) in [5, 5.41) is 5.15. The highest BCUT2D eigenvalue weighted by Crippen LogP contribution is 2.24. The monoisotopic (exact) mass is 393 g/mol. The Bertz CT molecular complexity index is 987. The van der Waals surface area contributed by atoms with Crippen LogP contribution >= 0.6 is 11.3 Å². The Kier molecular flexibility index (Phi) is 5.03. The average Bonchev–Trinajstić information content (AvgIpc) is 3.31. The summed E-state index contributed by atoms with van der Waals surface area (Å²) in [6.07, 6.45) is 3.43. The molecule has 1 saturated heterocycles. The predicted molar refractivity (Wildman–Crippen MR) is 109 cm³/mol. The number of benzene rings is 1. The van der Waals surface area contributed by atoms with Gasteiger partial charge in [-0.2, -0.15) is 0 Å². The van der Waals surface area contributed by atoms with E-state index in [9.17, 15) is 9.59 Å². The van der Waals surface area contributed by atoms with E-state index in [2.05, 4.69) is 15.3 Å². The minimum Gasteiger partial charge on any atom is -0.313 e. The fourth-order valence-electron chi connectivity index (χ4n) is 3.00. The van der Waals surface area contributed by atoms with E-state index >= 15 is 0 Å². The third-order valence-corrected chi connectivity index (χ3v) is 5.24. The lowest BCUT2D eigenvalue weighted by atomic mass is 10.2. The van der Waals surface area contributed by atoms with Gasteiger partial charge in [0.25, 0.3) is 0 Å². The van der Waals surface area contributed by atoms with Crippen LogP contribution in [0, 0.1) is 6.92 Å². The zero-order valence-electron chi connectivity index (χ0n) is 15.3. The van der Waals surface area contributed by atoms with Gasteiger partial charge in [-0.05, 0) is 31.2 Å². The highest BCUT2D eigenvalue weighted by Gasteiger charge is 2.30. The smallest absolute Gasteiger partial charge is 0.313 e. The first kappa shape index (κ1) is 18.1. The number of urea groups is 1. The molecule has 142 valence electrons. The number of carbonyl (C=O) groups is 2. The SMILES string of the molecule is Cc1ccc(N2CCN(CC(=O)Nc3nc(-c4cccnc4)cs3)C2=O)cc1. The number of aromatic nitrogens is 2. The first-order valence-corrected chi connectivity index (χ1v) is 9.77. The summed E-state index contributed by atoms with van der Waals surface area (Å²) in [6, 6.07) is 11.4. The molecule has 1 aliphatic heterocycles. The van der Waals surface area contributed by atoms with Gasteiger partial charge in [-0.1, -0.05) is 17.7 Å². The van der Waals surface area contributed by atoms with Gasteiger partial charge in [0.15, 0.2) is 5.13 Å². The minimum atomic E-state index is -0.258. The molecule has 8 heteroatoms. The fourth-order valence-corrected chi connectivity index (χ4v) is 3.74. The Morgan fingerprint density at radius 2 is 2.04 bits per heavy atom. The number of amides is 3. The van der Waals surface area contributed by atoms with Gasteiger partial charge in [-0.3, -0.25) is 14.7 Å². The van der Waals surface area contributed by atoms with Gasteiger partial charge in [-0.25, -0.2) is 9.78 Å². The van der Waals surface area contributed by atoms with Gasteiger partial charge in [0.2, 0.25) is 5.91 Å². The van der Waals surface area contributed by atoms with Gasteiger partial charge in [-0.15, -0.1) is 11.3 Å². The number of pyridine rings is 1. The molecule has 1 fully saturated rings. The van der Waals surface area contributed by atoms with E-state index in [0.717, 1.165) is 22.5 Å². The van der Waals surface area contributed by atoms with E-state index in [4.69, 9.17) is 0 Å². The van der Waals surface area contributed by atoms with Crippen molar-refractivity contribution in [2.24, 2.45) is 0 Å². The van der Waals surface area contributed by atoms with Gasteiger partial charge in [0.1, 0.15) is 6.54 Å². The summed E-state index contributed by atoms with van der Waals surface area (Å²) in [7, 11) is 0. The molecule has 2 aromatic heterocycles. The standard InChI is InChI=1S/C20H19N5O2S/c1-14-4-6-16(7-5-14)25-10-9-24(20(25)27)12-18(26)23-19-22-17(13-28-19)15-3-2-8-21-11-15/h2-8,11,13H,9-10,12H2,1H3,(H,22,23,26). The summed E-state index contributed by atoms with van der Waals surface area (Å²) in [5.74, 6) is -0.258. The van der Waals surface area contributed by atoms with Crippen LogP contribution in [0.15, 0.2) is 54.2 Å². The van der Waals surface area contributed by atoms with Crippen molar-refractivity contribution < 1.29 is 9.59 Å². The van der Waals surface area contributed by atoms with E-state index in [1.165, 1.54) is 11.3 Å². The third kappa shape index (κ3) is 3.86. The number of rotatable bonds is 5. The molecule has 28 heavy (non-hydrogen) atoms. The molecule has 0 atom stereocenters. The second-order valence-electron chi connectivity index (χ2n) is 6.52. The normalized spacial score (nSPS) is 13.8. The molecule has 0 bridgehead atoms. The lowest BCUT2D eigenvalue weighted by molar-refractivity contribution is -0.116. The summed E-state index contributed by atoms with van der Waals surface area (Å²) in [4.78, 5) is 36.7. The van der Waals surface area contributed by atoms with Crippen molar-refractivity contribution in [3.05, 3.63) is 59.7 Å². The number of aryl methyl sites for hydroxylation is 1. The predicted octanol–water partition coefficient (Wildman–Crippen LogP) is 3.39. The number of anilines is 2. The summed E-state index contributed by atoms with van der Waals surface area (Å²) < 4.78 is 0. The molecule has 3 heterocycles. The van der Waals surface area contributed by atoms with Gasteiger partial charge < -0.3 is 10.2 Å². The molecule has 3 aromatic rings. The van der Waals surface area contributed by atoms with Crippen molar-refractivity contribution in [1.29, 1.82) is 0 Å². The van der Waals surface area contributed by atoms with Gasteiger partial charge >= 0.3 is 6.03 Å². The van der Waals surface area contributed by atoms with Gasteiger partial charge in [0, 0.05) is 42.1 Å². The molecular weight excluding hydrogens is 374 g/mol. The van der Waals surface area contributed by atoms with E-state index in [1.807, 2.05) is 48.7 Å². The van der Waals surface area contributed by atoms with Crippen LogP contribution in [0.1, 0.15) is 5.56 Å². The van der Waals surface area contributed by atoms with E-state index < -0.39 is 0 Å². The molecule has 0 unspecified atom stereocenters. The van der Waals surface area contributed by atoms with Crippen LogP contribution in [0.3, 0.4) is 0 Å². The van der Waals surface area contributed by atoms with Crippen molar-refractivity contribution in [1.82, 2.24) is 14.9 Å². The molecule has 4 rings (SSSR count). The van der Waals surface area contributed by atoms with Crippen LogP contribution in [0.2, 0.25) is 0 Å². The molecule has 1 N–H and O–H groups in total. The van der Waals surface area contributed by atoms with Crippen LogP contribution in [0.5, 0.6) is 0 Å². The number of hydrogen-bond acceptors (Lipinski definition) is 5. The zero-order valence-corrected chi connectivity index (χ0v) is 16.1. The van der Waals surface area contributed by atoms with Crippen molar-refractivity contribution in [2.45, 2.75) is 6.92 Å². The molecule has 0 radical (unpaired) electrons. The number of hydrogen-bond donors (Lipinski definition) is 1. The van der Waals surface area contributed by atoms with E-state index in [0.29, 0.717) is 18.2 Å². The molecule has 1 aromatic carbocycles. The highest BCUT2D eigenvalue weighted by atomic mass is 32.1. The maximum atomic E-state index is 12.6. The average molecular weight is 393 g/mol. The van der Waals surface area contributed by atoms with Crippen LogP contribution < -0.4 is 10.2 Å². The third-order valence-electron chi connectivity index (χ3n) is 4.48. The Balaban J connectivity index is 1.36. The lowest BCUT2D eigenvalue weighted by Gasteiger charge is -2.18. The topological polar surface area (TPSA) is 78.4 Å². The largest absolute Gasteiger partial charge is 0.325 e. The summed E-state index contributed by atoms with van der Waals surface area (Å²) in [6.45, 7) is 3.09. The maximum Gasteiger partial charge on any atom is 0.325 e. The maximum absolute atomic E-state index is 12.6. The van der Waals surface area contributed by atoms with Crippen LogP contribution in [-0.4, -0.2) is 46.4 Å². The number of carbonyl (C=O) groups excluding carboxylic acids is 2. The quantitative estimate of drug-likeness (QED) is 0.721. The fraction of sp³-hybridized carbons (Fsp3) is 0.200. The molecule has 3 amide bonds. The minimum absolute atomic E-state index is 0.00298. The van der Waals surface area contributed by atoms with Gasteiger partial charge in [0.05, 0.1) is 5.69 Å². The molecule has 0 saturated carbocycles. The first-order valence-electron chi connectivity index (χ1n) is 8.89. The molecule has 0 spiro atoms. The molecule has 1 aliphatic rings. The van der Waals surface area contributed by atoms with Crippen LogP contribution in [0.25, 0.3) is 11.3 Å². The number of thiazole rings is 1. The number of nitrogens with one attached hydrogen (secondary N) is 1. The Hall–Kier alpha value is -3.26. The summed E-state index contributed by atoms with van der Waals surface area (Å²) >= 11 is 1.35. The van der Waals surface area contributed by atoms with Crippen LogP contribution in [-0.2, 0) is 4.79 Å². The lowest BCUT2D eigenvalue weighted by Crippen LogP contribution is -2.37. The zero-order chi connectivity index (χ0) is 19.5. The van der Waals surface area contributed by atoms with Crippen molar-refractivity contribution in [2.75, 3.05) is 29.9 Å². The highest BCUT2D eigenvalue weighted by molar-refractivity contribution is 7.14. The number of nitrogens with zero attached hydrogens (tertiary/aromatic N) is 4. The Morgan fingerprint density at radius 1 is 1.21 bits per heavy atom. The Morgan fingerprint density at radius 3 is 2.79 bits per heavy atom. The van der Waals surface area contributed by atoms with Crippen molar-refractivity contribution in [3.63, 3.8) is 0 Å². The molecule has 7 nitrogen and oxygen atoms in total. The van der Waals surface area contributed by atoms with Crippen molar-refractivity contribution in [3.8, 4) is 11.3 Å². The second kappa shape index (κ2) is 7.77. The molecule has 0 aliphatic carbocycles. The summed E-state index contributed by atoms with van der Waals surface area (Å²) in [5.41, 5.74) is 3.64. The first-order chi connectivity index (χ1) is 13.6. The Labute approximate surface area is 166 Å². The van der Waals surface area contributed by atoms with Crippen LogP contribution in [0.4, 0.5) is 15.6 Å².